The fourth-order valence-electron chi connectivity index (χ4n) is 1.49. The summed E-state index contributed by atoms with van der Waals surface area (Å²) in [5, 5.41) is 21.1. The molecule has 0 aliphatic rings. The first-order chi connectivity index (χ1) is 9.17. The maximum atomic E-state index is 11.4. The van der Waals surface area contributed by atoms with Crippen molar-refractivity contribution in [2.24, 2.45) is 0 Å². The molecule has 0 saturated heterocycles. The van der Waals surface area contributed by atoms with E-state index in [0.717, 1.165) is 5.56 Å². The van der Waals surface area contributed by atoms with E-state index in [1.165, 1.54) is 12.1 Å². The van der Waals surface area contributed by atoms with Gasteiger partial charge in [0.25, 0.3) is 0 Å². The first-order valence-electron chi connectivity index (χ1n) is 5.68. The first kappa shape index (κ1) is 17.0. The minimum Gasteiger partial charge on any atom is -0.504 e. The van der Waals surface area contributed by atoms with Gasteiger partial charge in [-0.2, -0.15) is 0 Å². The number of rotatable bonds is 4. The normalized spacial score (nSPS) is 12.8. The van der Waals surface area contributed by atoms with Gasteiger partial charge in [0.15, 0.2) is 11.5 Å². The molecule has 0 aliphatic carbocycles. The van der Waals surface area contributed by atoms with Crippen LogP contribution in [-0.2, 0) is 11.2 Å². The number of halogens is 3. The summed E-state index contributed by atoms with van der Waals surface area (Å²) in [7, 11) is 0. The van der Waals surface area contributed by atoms with E-state index >= 15 is 0 Å². The summed E-state index contributed by atoms with van der Waals surface area (Å²) in [6.45, 7) is 1.40. The van der Waals surface area contributed by atoms with E-state index in [1.54, 1.807) is 13.0 Å². The van der Waals surface area contributed by atoms with E-state index in [0.29, 0.717) is 6.42 Å². The lowest BCUT2D eigenvalue weighted by Crippen LogP contribution is -2.36. The Bertz CT molecular complexity index is 476. The predicted molar refractivity (Wildman–Crippen MR) is 77.7 cm³/mol. The number of nitrogens with one attached hydrogen (secondary N) is 1. The number of hydrogen-bond donors (Lipinski definition) is 3. The van der Waals surface area contributed by atoms with Gasteiger partial charge in [-0.3, -0.25) is 0 Å². The topological polar surface area (TPSA) is 78.8 Å². The lowest BCUT2D eigenvalue weighted by atomic mass is 10.1. The number of amides is 1. The summed E-state index contributed by atoms with van der Waals surface area (Å²) < 4.78 is 3.07. The molecular formula is C12H14Cl3NO4. The van der Waals surface area contributed by atoms with Crippen LogP contribution in [0.5, 0.6) is 11.5 Å². The van der Waals surface area contributed by atoms with Gasteiger partial charge in [-0.15, -0.1) is 0 Å². The van der Waals surface area contributed by atoms with E-state index in [4.69, 9.17) is 39.5 Å². The summed E-state index contributed by atoms with van der Waals surface area (Å²) in [5.74, 6) is -0.412. The molecule has 1 aromatic rings. The zero-order valence-electron chi connectivity index (χ0n) is 10.6. The summed E-state index contributed by atoms with van der Waals surface area (Å²) in [5.41, 5.74) is 0.745. The molecule has 8 heteroatoms. The molecule has 1 amide bonds. The maximum absolute atomic E-state index is 11.4. The fourth-order valence-corrected chi connectivity index (χ4v) is 1.65. The third-order valence-corrected chi connectivity index (χ3v) is 2.64. The van der Waals surface area contributed by atoms with Gasteiger partial charge in [0.2, 0.25) is 3.79 Å². The monoisotopic (exact) mass is 341 g/mol. The molecule has 1 aromatic carbocycles. The number of ether oxygens (including phenoxy) is 1. The number of phenols is 2. The number of phenolic OH excluding ortho intramolecular Hbond substituents is 2. The second kappa shape index (κ2) is 7.11. The molecule has 3 N–H and O–H groups in total. The molecule has 112 valence electrons. The van der Waals surface area contributed by atoms with Crippen LogP contribution in [0.4, 0.5) is 4.79 Å². The van der Waals surface area contributed by atoms with Gasteiger partial charge in [-0.1, -0.05) is 40.9 Å². The minimum absolute atomic E-state index is 0.198. The van der Waals surface area contributed by atoms with Crippen molar-refractivity contribution in [1.82, 2.24) is 5.32 Å². The summed E-state index contributed by atoms with van der Waals surface area (Å²) >= 11 is 16.4. The Morgan fingerprint density at radius 1 is 1.35 bits per heavy atom. The third kappa shape index (κ3) is 6.41. The van der Waals surface area contributed by atoms with Crippen LogP contribution in [0.15, 0.2) is 18.2 Å². The molecule has 0 spiro atoms. The molecule has 0 radical (unpaired) electrons. The number of aromatic hydroxyl groups is 2. The second-order valence-corrected chi connectivity index (χ2v) is 6.78. The lowest BCUT2D eigenvalue weighted by molar-refractivity contribution is 0.145. The average Bonchev–Trinajstić information content (AvgIpc) is 2.30. The molecule has 1 atom stereocenters. The Morgan fingerprint density at radius 2 is 2.00 bits per heavy atom. The number of carbonyl (C=O) groups excluding carboxylic acids is 1. The quantitative estimate of drug-likeness (QED) is 0.580. The number of carbonyl (C=O) groups is 1. The molecule has 0 fully saturated rings. The SMILES string of the molecule is C[C@H](Cc1ccc(O)c(O)c1)NC(=O)OCC(Cl)(Cl)Cl. The maximum Gasteiger partial charge on any atom is 0.407 e. The molecule has 0 saturated carbocycles. The number of benzene rings is 1. The van der Waals surface area contributed by atoms with Gasteiger partial charge in [0, 0.05) is 6.04 Å². The summed E-state index contributed by atoms with van der Waals surface area (Å²) in [4.78, 5) is 11.4. The smallest absolute Gasteiger partial charge is 0.407 e. The molecule has 20 heavy (non-hydrogen) atoms. The van der Waals surface area contributed by atoms with Crippen LogP contribution < -0.4 is 5.32 Å². The largest absolute Gasteiger partial charge is 0.504 e. The molecule has 1 rings (SSSR count). The number of hydrogen-bond acceptors (Lipinski definition) is 4. The van der Waals surface area contributed by atoms with E-state index in [1.807, 2.05) is 0 Å². The first-order valence-corrected chi connectivity index (χ1v) is 6.81. The Labute approximate surface area is 131 Å². The van der Waals surface area contributed by atoms with Gasteiger partial charge in [-0.05, 0) is 31.0 Å². The van der Waals surface area contributed by atoms with Crippen molar-refractivity contribution in [3.8, 4) is 11.5 Å². The Balaban J connectivity index is 2.44. The second-order valence-electron chi connectivity index (χ2n) is 4.26. The molecule has 0 aromatic heterocycles. The highest BCUT2D eigenvalue weighted by Crippen LogP contribution is 2.26. The Hall–Kier alpha value is -1.04. The van der Waals surface area contributed by atoms with E-state index in [-0.39, 0.29) is 24.1 Å². The van der Waals surface area contributed by atoms with Crippen LogP contribution >= 0.6 is 34.8 Å². The van der Waals surface area contributed by atoms with Gasteiger partial charge in [-0.25, -0.2) is 4.79 Å². The zero-order valence-corrected chi connectivity index (χ0v) is 12.8. The summed E-state index contributed by atoms with van der Waals surface area (Å²) in [6.07, 6.45) is -0.261. The standard InChI is InChI=1S/C12H14Cl3NO4/c1-7(16-11(19)20-6-12(13,14)15)4-8-2-3-9(17)10(18)5-8/h2-3,5,7,17-18H,4,6H2,1H3,(H,16,19)/t7-/m1/s1. The van der Waals surface area contributed by atoms with Crippen molar-refractivity contribution in [3.05, 3.63) is 23.8 Å². The van der Waals surface area contributed by atoms with E-state index in [9.17, 15) is 15.0 Å². The molecular weight excluding hydrogens is 328 g/mol. The number of alkyl halides is 3. The van der Waals surface area contributed by atoms with Crippen molar-refractivity contribution in [1.29, 1.82) is 0 Å². The van der Waals surface area contributed by atoms with Crippen molar-refractivity contribution in [3.63, 3.8) is 0 Å². The van der Waals surface area contributed by atoms with E-state index < -0.39 is 9.89 Å². The van der Waals surface area contributed by atoms with Gasteiger partial charge in [0.1, 0.15) is 6.61 Å². The van der Waals surface area contributed by atoms with Crippen molar-refractivity contribution < 1.29 is 19.7 Å². The van der Waals surface area contributed by atoms with Crippen LogP contribution in [0.25, 0.3) is 0 Å². The predicted octanol–water partition coefficient (Wildman–Crippen LogP) is 3.13. The van der Waals surface area contributed by atoms with Crippen LogP contribution in [0.3, 0.4) is 0 Å². The van der Waals surface area contributed by atoms with Crippen molar-refractivity contribution in [2.45, 2.75) is 23.2 Å². The Morgan fingerprint density at radius 3 is 2.55 bits per heavy atom. The highest BCUT2D eigenvalue weighted by molar-refractivity contribution is 6.67. The van der Waals surface area contributed by atoms with Crippen LogP contribution in [0, 0.1) is 0 Å². The van der Waals surface area contributed by atoms with Gasteiger partial charge < -0.3 is 20.3 Å². The van der Waals surface area contributed by atoms with Gasteiger partial charge in [0.05, 0.1) is 0 Å². The molecule has 0 aliphatic heterocycles. The molecule has 0 heterocycles. The number of alkyl carbamates (subject to hydrolysis) is 1. The highest BCUT2D eigenvalue weighted by Gasteiger charge is 2.22. The minimum atomic E-state index is -1.65. The van der Waals surface area contributed by atoms with Crippen molar-refractivity contribution >= 4 is 40.9 Å². The Kier molecular flexibility index (Phi) is 6.05. The molecule has 0 bridgehead atoms. The van der Waals surface area contributed by atoms with Crippen LogP contribution in [-0.4, -0.2) is 32.7 Å². The highest BCUT2D eigenvalue weighted by atomic mass is 35.6. The molecule has 5 nitrogen and oxygen atoms in total. The zero-order chi connectivity index (χ0) is 15.3. The molecule has 0 unspecified atom stereocenters. The average molecular weight is 343 g/mol. The fraction of sp³-hybridized carbons (Fsp3) is 0.417. The summed E-state index contributed by atoms with van der Waals surface area (Å²) in [6, 6.07) is 4.17. The third-order valence-electron chi connectivity index (χ3n) is 2.31. The lowest BCUT2D eigenvalue weighted by Gasteiger charge is -2.16. The van der Waals surface area contributed by atoms with Crippen molar-refractivity contribution in [2.75, 3.05) is 6.61 Å². The van der Waals surface area contributed by atoms with Crippen LogP contribution in [0.1, 0.15) is 12.5 Å². The van der Waals surface area contributed by atoms with Crippen LogP contribution in [0.2, 0.25) is 0 Å². The van der Waals surface area contributed by atoms with E-state index in [2.05, 4.69) is 5.32 Å². The van der Waals surface area contributed by atoms with Gasteiger partial charge >= 0.3 is 6.09 Å².